The first-order valence-electron chi connectivity index (χ1n) is 18.7. The van der Waals surface area contributed by atoms with Gasteiger partial charge in [0.2, 0.25) is 0 Å². The normalized spacial score (nSPS) is 29.2. The number of amides is 3. The molecule has 0 heterocycles. The van der Waals surface area contributed by atoms with Crippen molar-refractivity contribution in [3.05, 3.63) is 34.9 Å². The van der Waals surface area contributed by atoms with Crippen LogP contribution in [-0.4, -0.2) is 35.8 Å². The number of nitrogens with one attached hydrogen (secondary N) is 3. The van der Waals surface area contributed by atoms with E-state index in [1.165, 1.54) is 19.3 Å². The first-order chi connectivity index (χ1) is 21.7. The highest BCUT2D eigenvalue weighted by Crippen LogP contribution is 2.34. The van der Waals surface area contributed by atoms with Crippen molar-refractivity contribution in [1.29, 1.82) is 0 Å². The van der Waals surface area contributed by atoms with Gasteiger partial charge in [0.05, 0.1) is 0 Å². The summed E-state index contributed by atoms with van der Waals surface area (Å²) in [5.41, 5.74) is 1.22. The molecule has 3 aliphatic carbocycles. The monoisotopic (exact) mass is 621 g/mol. The third-order valence-corrected chi connectivity index (χ3v) is 12.3. The maximum Gasteiger partial charge on any atom is 0.251 e. The Morgan fingerprint density at radius 3 is 1.00 bits per heavy atom. The lowest BCUT2D eigenvalue weighted by molar-refractivity contribution is 0.0882. The van der Waals surface area contributed by atoms with Gasteiger partial charge in [0, 0.05) is 34.8 Å². The van der Waals surface area contributed by atoms with Crippen LogP contribution in [0, 0.1) is 35.5 Å². The van der Waals surface area contributed by atoms with Crippen molar-refractivity contribution in [1.82, 2.24) is 16.0 Å². The van der Waals surface area contributed by atoms with E-state index in [9.17, 15) is 14.4 Å². The predicted octanol–water partition coefficient (Wildman–Crippen LogP) is 8.69. The quantitative estimate of drug-likeness (QED) is 0.218. The molecule has 0 radical (unpaired) electrons. The standard InChI is InChI=1S/C39H63N3O3/c1-7-25(4)31-16-10-13-19-34(31)40-37(43)28-22-29(38(44)41-35-20-14-11-17-32(35)26(5)8-2)24-30(23-28)39(45)42-36-21-15-12-18-33(36)27(6)9-3/h22-27,31-36H,7-21H2,1-6H3,(H,40,43)(H,41,44)(H,42,45). The van der Waals surface area contributed by atoms with Gasteiger partial charge in [-0.05, 0) is 92.2 Å². The second-order valence-electron chi connectivity index (χ2n) is 15.0. The summed E-state index contributed by atoms with van der Waals surface area (Å²) in [6, 6.07) is 5.50. The number of hydrogen-bond acceptors (Lipinski definition) is 3. The lowest BCUT2D eigenvalue weighted by atomic mass is 9.76. The first kappa shape index (κ1) is 35.5. The molecule has 0 bridgehead atoms. The minimum atomic E-state index is -0.177. The Morgan fingerprint density at radius 1 is 0.511 bits per heavy atom. The van der Waals surface area contributed by atoms with Crippen LogP contribution in [0.2, 0.25) is 0 Å². The lowest BCUT2D eigenvalue weighted by Crippen LogP contribution is -2.45. The van der Waals surface area contributed by atoms with Crippen LogP contribution in [0.4, 0.5) is 0 Å². The molecule has 252 valence electrons. The molecule has 3 saturated carbocycles. The van der Waals surface area contributed by atoms with Gasteiger partial charge >= 0.3 is 0 Å². The van der Waals surface area contributed by atoms with Gasteiger partial charge in [-0.3, -0.25) is 14.4 Å². The highest BCUT2D eigenvalue weighted by Gasteiger charge is 2.33. The van der Waals surface area contributed by atoms with Crippen LogP contribution in [0.1, 0.15) is 169 Å². The van der Waals surface area contributed by atoms with Gasteiger partial charge < -0.3 is 16.0 Å². The highest BCUT2D eigenvalue weighted by molar-refractivity contribution is 6.04. The number of hydrogen-bond donors (Lipinski definition) is 3. The summed E-state index contributed by atoms with van der Waals surface area (Å²) in [5, 5.41) is 10.1. The molecule has 0 aliphatic heterocycles. The number of benzene rings is 1. The maximum absolute atomic E-state index is 13.9. The Kier molecular flexibility index (Phi) is 13.4. The lowest BCUT2D eigenvalue weighted by Gasteiger charge is -2.36. The van der Waals surface area contributed by atoms with Gasteiger partial charge in [0.1, 0.15) is 0 Å². The molecular weight excluding hydrogens is 558 g/mol. The molecule has 9 unspecified atom stereocenters. The summed E-state index contributed by atoms with van der Waals surface area (Å²) >= 11 is 0. The van der Waals surface area contributed by atoms with Gasteiger partial charge in [-0.25, -0.2) is 0 Å². The van der Waals surface area contributed by atoms with E-state index in [1.807, 2.05) is 0 Å². The zero-order chi connectivity index (χ0) is 32.5. The van der Waals surface area contributed by atoms with Crippen molar-refractivity contribution in [2.45, 2.75) is 156 Å². The van der Waals surface area contributed by atoms with Crippen molar-refractivity contribution in [2.75, 3.05) is 0 Å². The number of carbonyl (C=O) groups excluding carboxylic acids is 3. The van der Waals surface area contributed by atoms with Crippen LogP contribution in [0.5, 0.6) is 0 Å². The number of carbonyl (C=O) groups is 3. The molecule has 3 fully saturated rings. The van der Waals surface area contributed by atoms with E-state index in [1.54, 1.807) is 18.2 Å². The number of rotatable bonds is 12. The minimum absolute atomic E-state index is 0.119. The van der Waals surface area contributed by atoms with Crippen LogP contribution in [0.15, 0.2) is 18.2 Å². The Bertz CT molecular complexity index is 984. The zero-order valence-electron chi connectivity index (χ0n) is 29.3. The van der Waals surface area contributed by atoms with Crippen molar-refractivity contribution >= 4 is 17.7 Å². The molecule has 0 spiro atoms. The molecule has 1 aromatic carbocycles. The summed E-state index contributed by atoms with van der Waals surface area (Å²) in [6.45, 7) is 13.5. The Morgan fingerprint density at radius 2 is 0.756 bits per heavy atom. The molecule has 3 N–H and O–H groups in total. The van der Waals surface area contributed by atoms with Gasteiger partial charge in [-0.2, -0.15) is 0 Å². The average Bonchev–Trinajstić information content (AvgIpc) is 3.07. The third-order valence-electron chi connectivity index (χ3n) is 12.3. The predicted molar refractivity (Wildman–Crippen MR) is 184 cm³/mol. The Hall–Kier alpha value is -2.37. The SMILES string of the molecule is CCC(C)C1CCCCC1NC(=O)c1cc(C(=O)NC2CCCCC2C(C)CC)cc(C(=O)NC2CCCCC2C(C)CC)c1. The molecule has 4 rings (SSSR count). The highest BCUT2D eigenvalue weighted by atomic mass is 16.2. The van der Waals surface area contributed by atoms with E-state index < -0.39 is 0 Å². The van der Waals surface area contributed by atoms with Crippen LogP contribution in [-0.2, 0) is 0 Å². The van der Waals surface area contributed by atoms with Gasteiger partial charge in [0.15, 0.2) is 0 Å². The molecule has 0 aromatic heterocycles. The second kappa shape index (κ2) is 17.0. The fourth-order valence-electron chi connectivity index (χ4n) is 8.74. The van der Waals surface area contributed by atoms with E-state index in [0.717, 1.165) is 77.0 Å². The minimum Gasteiger partial charge on any atom is -0.349 e. The van der Waals surface area contributed by atoms with E-state index in [4.69, 9.17) is 0 Å². The van der Waals surface area contributed by atoms with E-state index in [-0.39, 0.29) is 35.8 Å². The van der Waals surface area contributed by atoms with Crippen molar-refractivity contribution < 1.29 is 14.4 Å². The van der Waals surface area contributed by atoms with Crippen LogP contribution >= 0.6 is 0 Å². The second-order valence-corrected chi connectivity index (χ2v) is 15.0. The average molecular weight is 622 g/mol. The fourth-order valence-corrected chi connectivity index (χ4v) is 8.74. The molecule has 9 atom stereocenters. The molecule has 6 heteroatoms. The topological polar surface area (TPSA) is 87.3 Å². The summed E-state index contributed by atoms with van der Waals surface area (Å²) < 4.78 is 0. The fraction of sp³-hybridized carbons (Fsp3) is 0.769. The van der Waals surface area contributed by atoms with Gasteiger partial charge in [0.25, 0.3) is 17.7 Å². The Labute approximate surface area is 274 Å². The summed E-state index contributed by atoms with van der Waals surface area (Å²) in [7, 11) is 0. The Balaban J connectivity index is 1.61. The molecule has 3 amide bonds. The van der Waals surface area contributed by atoms with Crippen LogP contribution in [0.25, 0.3) is 0 Å². The largest absolute Gasteiger partial charge is 0.349 e. The summed E-state index contributed by atoms with van der Waals surface area (Å²) in [4.78, 5) is 41.7. The van der Waals surface area contributed by atoms with Gasteiger partial charge in [-0.1, -0.05) is 99.3 Å². The molecule has 45 heavy (non-hydrogen) atoms. The third kappa shape index (κ3) is 9.13. The van der Waals surface area contributed by atoms with E-state index >= 15 is 0 Å². The summed E-state index contributed by atoms with van der Waals surface area (Å²) in [5.74, 6) is 2.45. The van der Waals surface area contributed by atoms with E-state index in [0.29, 0.717) is 52.2 Å². The van der Waals surface area contributed by atoms with Crippen molar-refractivity contribution in [3.8, 4) is 0 Å². The van der Waals surface area contributed by atoms with Crippen LogP contribution < -0.4 is 16.0 Å². The maximum atomic E-state index is 13.9. The molecule has 0 saturated heterocycles. The van der Waals surface area contributed by atoms with Crippen molar-refractivity contribution in [2.24, 2.45) is 35.5 Å². The van der Waals surface area contributed by atoms with Crippen molar-refractivity contribution in [3.63, 3.8) is 0 Å². The summed E-state index contributed by atoms with van der Waals surface area (Å²) in [6.07, 6.45) is 16.6. The molecular formula is C39H63N3O3. The first-order valence-corrected chi connectivity index (χ1v) is 18.7. The van der Waals surface area contributed by atoms with Gasteiger partial charge in [-0.15, -0.1) is 0 Å². The smallest absolute Gasteiger partial charge is 0.251 e. The molecule has 1 aromatic rings. The van der Waals surface area contributed by atoms with E-state index in [2.05, 4.69) is 57.5 Å². The van der Waals surface area contributed by atoms with Crippen LogP contribution in [0.3, 0.4) is 0 Å². The zero-order valence-corrected chi connectivity index (χ0v) is 29.3. The molecule has 6 nitrogen and oxygen atoms in total. The molecule has 3 aliphatic rings.